The molecule has 4 aromatic rings. The van der Waals surface area contributed by atoms with Crippen molar-refractivity contribution in [3.63, 3.8) is 0 Å². The molecule has 0 aliphatic heterocycles. The van der Waals surface area contributed by atoms with Gasteiger partial charge in [-0.25, -0.2) is 0 Å². The van der Waals surface area contributed by atoms with Crippen LogP contribution in [0.2, 0.25) is 0 Å². The Bertz CT molecular complexity index is 1790. The molecule has 0 spiro atoms. The lowest BCUT2D eigenvalue weighted by Gasteiger charge is -2.33. The second-order valence-corrected chi connectivity index (χ2v) is 16.4. The lowest BCUT2D eigenvalue weighted by atomic mass is 9.91. The second-order valence-electron chi connectivity index (χ2n) is 15.3. The number of ether oxygens (including phenoxy) is 2. The fourth-order valence-corrected chi connectivity index (χ4v) is 8.03. The van der Waals surface area contributed by atoms with Gasteiger partial charge in [-0.3, -0.25) is 4.79 Å². The molecular weight excluding hydrogens is 685 g/mol. The molecule has 53 heavy (non-hydrogen) atoms. The number of anilines is 1. The minimum absolute atomic E-state index is 0.161. The Morgan fingerprint density at radius 3 is 2.15 bits per heavy atom. The van der Waals surface area contributed by atoms with Crippen molar-refractivity contribution in [1.29, 1.82) is 0 Å². The largest absolute Gasteiger partial charge is 0.493 e. The molecule has 0 aliphatic rings. The summed E-state index contributed by atoms with van der Waals surface area (Å²) >= 11 is 1.67. The number of benzene rings is 1. The van der Waals surface area contributed by atoms with E-state index in [0.29, 0.717) is 52.5 Å². The van der Waals surface area contributed by atoms with Crippen LogP contribution in [0.4, 0.5) is 5.00 Å². The summed E-state index contributed by atoms with van der Waals surface area (Å²) in [5.74, 6) is 2.79. The van der Waals surface area contributed by atoms with Crippen LogP contribution >= 0.6 is 11.3 Å². The van der Waals surface area contributed by atoms with E-state index >= 15 is 0 Å². The van der Waals surface area contributed by atoms with Crippen LogP contribution in [-0.2, 0) is 16.8 Å². The fraction of sp³-hybridized carbons (Fsp3) is 0.619. The Kier molecular flexibility index (Phi) is 15.5. The minimum Gasteiger partial charge on any atom is -0.493 e. The molecule has 0 fully saturated rings. The van der Waals surface area contributed by atoms with Crippen molar-refractivity contribution < 1.29 is 19.4 Å². The summed E-state index contributed by atoms with van der Waals surface area (Å²) in [5.41, 5.74) is 2.54. The van der Waals surface area contributed by atoms with Crippen LogP contribution in [0, 0.1) is 11.8 Å². The minimum atomic E-state index is -0.287. The first-order valence-corrected chi connectivity index (χ1v) is 20.5. The van der Waals surface area contributed by atoms with E-state index < -0.39 is 0 Å². The van der Waals surface area contributed by atoms with Gasteiger partial charge in [0.2, 0.25) is 5.91 Å². The number of carbonyl (C=O) groups is 1. The Labute approximate surface area is 321 Å². The quantitative estimate of drug-likeness (QED) is 0.0908. The van der Waals surface area contributed by atoms with Gasteiger partial charge in [-0.05, 0) is 67.5 Å². The predicted octanol–water partition coefficient (Wildman–Crippen LogP) is 8.30. The van der Waals surface area contributed by atoms with Crippen molar-refractivity contribution in [3.05, 3.63) is 45.6 Å². The van der Waals surface area contributed by atoms with Gasteiger partial charge in [-0.1, -0.05) is 87.0 Å². The van der Waals surface area contributed by atoms with Crippen molar-refractivity contribution >= 4 is 34.0 Å². The summed E-state index contributed by atoms with van der Waals surface area (Å²) in [5, 5.41) is 26.2. The first-order valence-electron chi connectivity index (χ1n) is 19.7. The molecule has 1 N–H and O–H groups in total. The van der Waals surface area contributed by atoms with Crippen molar-refractivity contribution in [3.8, 4) is 22.9 Å². The maximum Gasteiger partial charge on any atom is 0.242 e. The predicted molar refractivity (Wildman–Crippen MR) is 218 cm³/mol. The summed E-state index contributed by atoms with van der Waals surface area (Å²) in [7, 11) is 3.15. The molecule has 3 aromatic heterocycles. The zero-order valence-electron chi connectivity index (χ0n) is 34.0. The van der Waals surface area contributed by atoms with E-state index in [1.807, 2.05) is 6.07 Å². The molecule has 1 amide bonds. The molecule has 1 aromatic carbocycles. The number of hydrogen-bond donors (Lipinski definition) is 1. The van der Waals surface area contributed by atoms with Crippen molar-refractivity contribution in [2.45, 2.75) is 119 Å². The summed E-state index contributed by atoms with van der Waals surface area (Å²) in [6, 6.07) is 7.83. The summed E-state index contributed by atoms with van der Waals surface area (Å²) in [6.07, 6.45) is 11.5. The third-order valence-electron chi connectivity index (χ3n) is 10.3. The van der Waals surface area contributed by atoms with Gasteiger partial charge in [-0.2, -0.15) is 9.61 Å². The molecule has 0 saturated heterocycles. The lowest BCUT2D eigenvalue weighted by molar-refractivity contribution is -0.131. The Morgan fingerprint density at radius 1 is 0.962 bits per heavy atom. The topological polar surface area (TPSA) is 105 Å². The summed E-state index contributed by atoms with van der Waals surface area (Å²) < 4.78 is 13.1. The molecule has 4 rings (SSSR count). The summed E-state index contributed by atoms with van der Waals surface area (Å²) in [6.45, 7) is 20.2. The molecule has 3 heterocycles. The number of rotatable bonds is 21. The molecular formula is C42H64N6O4S. The highest BCUT2D eigenvalue weighted by Gasteiger charge is 2.27. The van der Waals surface area contributed by atoms with E-state index in [4.69, 9.17) is 14.6 Å². The Morgan fingerprint density at radius 2 is 1.62 bits per heavy atom. The van der Waals surface area contributed by atoms with Gasteiger partial charge in [0.05, 0.1) is 43.6 Å². The number of nitrogens with zero attached hydrogens (tertiary/aromatic N) is 6. The molecule has 0 aliphatic carbocycles. The number of thiophene rings is 1. The smallest absolute Gasteiger partial charge is 0.242 e. The number of unbranched alkanes of at least 4 members (excludes halogenated alkanes) is 2. The van der Waals surface area contributed by atoms with Gasteiger partial charge in [0, 0.05) is 35.1 Å². The molecule has 0 radical (unpaired) electrons. The number of methoxy groups -OCH3 is 2. The molecule has 292 valence electrons. The van der Waals surface area contributed by atoms with Gasteiger partial charge in [-0.15, -0.1) is 21.5 Å². The standard InChI is InChI=1S/C42H64N6O4S/c1-11-16-18-29(13-3)25-47(26-30(14-4)19-17-12-2)36(50)27-46(15-5)37-21-20-32(53-37)24-34-39(42(6,7)8)45-48-40(43-44-41(34)48)33-22-31(28-49)23-35(51-9)38(33)52-10/h20-24,29-30,49H,11-19,25-28H2,1-10H3/b34-24-. The van der Waals surface area contributed by atoms with E-state index in [0.717, 1.165) is 53.3 Å². The van der Waals surface area contributed by atoms with Crippen LogP contribution in [0.25, 0.3) is 23.1 Å². The van der Waals surface area contributed by atoms with Crippen molar-refractivity contribution in [2.75, 3.05) is 45.3 Å². The van der Waals surface area contributed by atoms with Crippen molar-refractivity contribution in [1.82, 2.24) is 24.7 Å². The number of aliphatic hydroxyl groups excluding tert-OH is 1. The number of aliphatic hydroxyl groups is 1. The van der Waals surface area contributed by atoms with Crippen LogP contribution in [0.3, 0.4) is 0 Å². The molecule has 0 bridgehead atoms. The second kappa shape index (κ2) is 19.6. The molecule has 2 unspecified atom stereocenters. The number of likely N-dealkylation sites (N-methyl/N-ethyl adjacent to an activating group) is 1. The number of aromatic nitrogens is 4. The third-order valence-corrected chi connectivity index (χ3v) is 11.4. The molecule has 11 heteroatoms. The summed E-state index contributed by atoms with van der Waals surface area (Å²) in [4.78, 5) is 19.6. The van der Waals surface area contributed by atoms with E-state index in [-0.39, 0.29) is 17.9 Å². The SMILES string of the molecule is CCCCC(CC)CN(CC(CC)CCCC)C(=O)CN(CC)c1ccc(/C=c2/c(C(C)(C)C)nn3c(-c4cc(CO)cc(OC)c4OC)nnc23)s1. The van der Waals surface area contributed by atoms with Crippen LogP contribution in [0.15, 0.2) is 24.3 Å². The van der Waals surface area contributed by atoms with Gasteiger partial charge in [0.25, 0.3) is 0 Å². The Hall–Kier alpha value is -3.70. The number of carbonyl (C=O) groups excluding carboxylic acids is 1. The van der Waals surface area contributed by atoms with Gasteiger partial charge >= 0.3 is 0 Å². The Balaban J connectivity index is 1.69. The van der Waals surface area contributed by atoms with Gasteiger partial charge < -0.3 is 24.4 Å². The maximum absolute atomic E-state index is 14.2. The fourth-order valence-electron chi connectivity index (χ4n) is 7.01. The van der Waals surface area contributed by atoms with E-state index in [1.165, 1.54) is 38.5 Å². The van der Waals surface area contributed by atoms with Crippen LogP contribution in [0.5, 0.6) is 11.5 Å². The zero-order valence-corrected chi connectivity index (χ0v) is 34.8. The first-order chi connectivity index (χ1) is 25.5. The molecule has 10 nitrogen and oxygen atoms in total. The van der Waals surface area contributed by atoms with E-state index in [1.54, 1.807) is 36.1 Å². The highest BCUT2D eigenvalue weighted by molar-refractivity contribution is 7.16. The lowest BCUT2D eigenvalue weighted by Crippen LogP contribution is -2.44. The van der Waals surface area contributed by atoms with Gasteiger partial charge in [0.1, 0.15) is 0 Å². The van der Waals surface area contributed by atoms with Crippen molar-refractivity contribution in [2.24, 2.45) is 11.8 Å². The van der Waals surface area contributed by atoms with E-state index in [2.05, 4.69) is 93.6 Å². The average Bonchev–Trinajstić information content (AvgIpc) is 3.89. The van der Waals surface area contributed by atoms with Crippen LogP contribution < -0.4 is 19.6 Å². The van der Waals surface area contributed by atoms with Gasteiger partial charge in [0.15, 0.2) is 23.0 Å². The molecule has 0 saturated carbocycles. The third kappa shape index (κ3) is 10.3. The highest BCUT2D eigenvalue weighted by atomic mass is 32.1. The molecule has 2 atom stereocenters. The average molecular weight is 749 g/mol. The number of fused-ring (bicyclic) bond motifs is 1. The number of amides is 1. The maximum atomic E-state index is 14.2. The normalized spacial score (nSPS) is 13.5. The van der Waals surface area contributed by atoms with E-state index in [9.17, 15) is 9.90 Å². The van der Waals surface area contributed by atoms with Crippen LogP contribution in [0.1, 0.15) is 123 Å². The highest BCUT2D eigenvalue weighted by Crippen LogP contribution is 2.39. The first kappa shape index (κ1) is 42.0. The monoisotopic (exact) mass is 748 g/mol. The van der Waals surface area contributed by atoms with Crippen LogP contribution in [-0.4, -0.2) is 76.1 Å². The zero-order chi connectivity index (χ0) is 38.7. The number of hydrogen-bond acceptors (Lipinski definition) is 9.